The molecule has 2 heterocycles. The normalized spacial score (nSPS) is 27.6. The molecule has 0 aromatic heterocycles. The van der Waals surface area contributed by atoms with Gasteiger partial charge in [0.15, 0.2) is 6.10 Å². The van der Waals surface area contributed by atoms with Crippen LogP contribution in [0, 0.1) is 0 Å². The van der Waals surface area contributed by atoms with Gasteiger partial charge in [0, 0.05) is 33.0 Å². The second-order valence-corrected chi connectivity index (χ2v) is 5.77. The van der Waals surface area contributed by atoms with Crippen molar-refractivity contribution in [2.75, 3.05) is 13.1 Å². The highest BCUT2D eigenvalue weighted by molar-refractivity contribution is 5.86. The third-order valence-electron chi connectivity index (χ3n) is 4.43. The summed E-state index contributed by atoms with van der Waals surface area (Å²) < 4.78 is 5.17. The monoisotopic (exact) mass is 303 g/mol. The van der Waals surface area contributed by atoms with E-state index in [9.17, 15) is 9.59 Å². The maximum absolute atomic E-state index is 12.4. The number of nitrogens with zero attached hydrogens (tertiary/aromatic N) is 1. The van der Waals surface area contributed by atoms with E-state index < -0.39 is 12.1 Å². The number of benzene rings is 1. The summed E-state index contributed by atoms with van der Waals surface area (Å²) in [6.07, 6.45) is -0.135. The maximum Gasteiger partial charge on any atom is 0.303 e. The van der Waals surface area contributed by atoms with Crippen LogP contribution in [-0.2, 0) is 20.9 Å². The van der Waals surface area contributed by atoms with Crippen LogP contribution in [0.2, 0.25) is 0 Å². The number of amides is 1. The quantitative estimate of drug-likeness (QED) is 0.786. The average molecular weight is 303 g/mol. The lowest BCUT2D eigenvalue weighted by Gasteiger charge is -2.38. The zero-order valence-electron chi connectivity index (χ0n) is 12.6. The summed E-state index contributed by atoms with van der Waals surface area (Å²) in [5.41, 5.74) is 8.03. The van der Waals surface area contributed by atoms with E-state index in [1.54, 1.807) is 0 Å². The molecule has 22 heavy (non-hydrogen) atoms. The molecule has 0 bridgehead atoms. The summed E-state index contributed by atoms with van der Waals surface area (Å²) in [5, 5.41) is 3.49. The van der Waals surface area contributed by atoms with Gasteiger partial charge in [0.05, 0.1) is 12.1 Å². The third-order valence-corrected chi connectivity index (χ3v) is 4.43. The van der Waals surface area contributed by atoms with Crippen LogP contribution in [0.25, 0.3) is 0 Å². The van der Waals surface area contributed by atoms with Crippen LogP contribution < -0.4 is 11.1 Å². The topological polar surface area (TPSA) is 84.7 Å². The fourth-order valence-electron chi connectivity index (χ4n) is 3.50. The fraction of sp³-hybridized carbons (Fsp3) is 0.500. The van der Waals surface area contributed by atoms with Gasteiger partial charge in [0.1, 0.15) is 0 Å². The van der Waals surface area contributed by atoms with E-state index in [4.69, 9.17) is 10.5 Å². The molecule has 0 aliphatic carbocycles. The van der Waals surface area contributed by atoms with Gasteiger partial charge in [-0.15, -0.1) is 0 Å². The van der Waals surface area contributed by atoms with Crippen LogP contribution in [0.1, 0.15) is 30.5 Å². The Kier molecular flexibility index (Phi) is 4.13. The number of hydrogen-bond donors (Lipinski definition) is 2. The number of hydrogen-bond acceptors (Lipinski definition) is 5. The van der Waals surface area contributed by atoms with Crippen molar-refractivity contribution >= 4 is 11.9 Å². The smallest absolute Gasteiger partial charge is 0.303 e. The SMILES string of the molecule is CC(=O)OC1CC2C(c3ccccc3CN)NCCN2C1=O. The first-order valence-corrected chi connectivity index (χ1v) is 7.60. The third kappa shape index (κ3) is 2.60. The summed E-state index contributed by atoms with van der Waals surface area (Å²) >= 11 is 0. The number of esters is 1. The number of ether oxygens (including phenoxy) is 1. The van der Waals surface area contributed by atoms with Gasteiger partial charge in [-0.05, 0) is 11.1 Å². The van der Waals surface area contributed by atoms with E-state index in [2.05, 4.69) is 5.32 Å². The Morgan fingerprint density at radius 3 is 2.95 bits per heavy atom. The molecule has 3 atom stereocenters. The predicted molar refractivity (Wildman–Crippen MR) is 80.7 cm³/mol. The molecule has 1 amide bonds. The molecular weight excluding hydrogens is 282 g/mol. The largest absolute Gasteiger partial charge is 0.452 e. The van der Waals surface area contributed by atoms with Gasteiger partial charge in [-0.1, -0.05) is 24.3 Å². The highest BCUT2D eigenvalue weighted by atomic mass is 16.5. The molecule has 0 saturated carbocycles. The Hall–Kier alpha value is -1.92. The lowest BCUT2D eigenvalue weighted by atomic mass is 9.91. The van der Waals surface area contributed by atoms with Gasteiger partial charge in [-0.2, -0.15) is 0 Å². The molecule has 6 nitrogen and oxygen atoms in total. The standard InChI is InChI=1S/C16H21N3O3/c1-10(20)22-14-8-13-15(18-6-7-19(13)16(14)21)12-5-3-2-4-11(12)9-17/h2-5,13-15,18H,6-9,17H2,1H3. The van der Waals surface area contributed by atoms with Crippen LogP contribution in [0.15, 0.2) is 24.3 Å². The molecule has 118 valence electrons. The maximum atomic E-state index is 12.4. The van der Waals surface area contributed by atoms with Gasteiger partial charge in [0.25, 0.3) is 5.91 Å². The van der Waals surface area contributed by atoms with Gasteiger partial charge in [0.2, 0.25) is 0 Å². The molecule has 2 saturated heterocycles. The van der Waals surface area contributed by atoms with Gasteiger partial charge < -0.3 is 20.7 Å². The molecule has 0 radical (unpaired) electrons. The Morgan fingerprint density at radius 1 is 1.45 bits per heavy atom. The molecule has 0 spiro atoms. The first kappa shape index (κ1) is 15.0. The number of piperazine rings is 1. The van der Waals surface area contributed by atoms with Crippen LogP contribution in [-0.4, -0.2) is 42.0 Å². The first-order valence-electron chi connectivity index (χ1n) is 7.60. The van der Waals surface area contributed by atoms with Crippen molar-refractivity contribution in [3.05, 3.63) is 35.4 Å². The van der Waals surface area contributed by atoms with E-state index >= 15 is 0 Å². The highest BCUT2D eigenvalue weighted by Crippen LogP contribution is 2.34. The number of carbonyl (C=O) groups is 2. The molecule has 3 rings (SSSR count). The Morgan fingerprint density at radius 2 is 2.23 bits per heavy atom. The van der Waals surface area contributed by atoms with E-state index in [0.717, 1.165) is 17.7 Å². The Labute approximate surface area is 129 Å². The minimum Gasteiger partial charge on any atom is -0.452 e. The Balaban J connectivity index is 1.88. The predicted octanol–water partition coefficient (Wildman–Crippen LogP) is 0.322. The molecule has 2 aliphatic heterocycles. The van der Waals surface area contributed by atoms with E-state index in [1.807, 2.05) is 29.2 Å². The van der Waals surface area contributed by atoms with Crippen LogP contribution in [0.4, 0.5) is 0 Å². The summed E-state index contributed by atoms with van der Waals surface area (Å²) in [5.74, 6) is -0.498. The number of rotatable bonds is 3. The number of nitrogens with two attached hydrogens (primary N) is 1. The van der Waals surface area contributed by atoms with Crippen molar-refractivity contribution in [1.82, 2.24) is 10.2 Å². The van der Waals surface area contributed by atoms with E-state index in [0.29, 0.717) is 19.5 Å². The molecule has 6 heteroatoms. The molecule has 2 fully saturated rings. The molecule has 3 N–H and O–H groups in total. The Bertz CT molecular complexity index is 590. The van der Waals surface area contributed by atoms with Crippen molar-refractivity contribution in [3.63, 3.8) is 0 Å². The zero-order chi connectivity index (χ0) is 15.7. The minimum atomic E-state index is -0.657. The summed E-state index contributed by atoms with van der Waals surface area (Å²) in [7, 11) is 0. The van der Waals surface area contributed by atoms with Crippen molar-refractivity contribution in [2.45, 2.75) is 38.1 Å². The first-order chi connectivity index (χ1) is 10.6. The van der Waals surface area contributed by atoms with Crippen LogP contribution >= 0.6 is 0 Å². The minimum absolute atomic E-state index is 0.00157. The number of carbonyl (C=O) groups excluding carboxylic acids is 2. The van der Waals surface area contributed by atoms with E-state index in [-0.39, 0.29) is 18.0 Å². The second-order valence-electron chi connectivity index (χ2n) is 5.77. The van der Waals surface area contributed by atoms with Crippen molar-refractivity contribution in [1.29, 1.82) is 0 Å². The zero-order valence-corrected chi connectivity index (χ0v) is 12.6. The van der Waals surface area contributed by atoms with Crippen molar-refractivity contribution in [2.24, 2.45) is 5.73 Å². The van der Waals surface area contributed by atoms with Gasteiger partial charge in [-0.3, -0.25) is 9.59 Å². The summed E-state index contributed by atoms with van der Waals surface area (Å²) in [4.78, 5) is 25.4. The van der Waals surface area contributed by atoms with E-state index in [1.165, 1.54) is 6.92 Å². The summed E-state index contributed by atoms with van der Waals surface area (Å²) in [6.45, 7) is 3.16. The highest BCUT2D eigenvalue weighted by Gasteiger charge is 2.47. The molecule has 1 aromatic carbocycles. The summed E-state index contributed by atoms with van der Waals surface area (Å²) in [6, 6.07) is 8.03. The fourth-order valence-corrected chi connectivity index (χ4v) is 3.50. The lowest BCUT2D eigenvalue weighted by molar-refractivity contribution is -0.154. The van der Waals surface area contributed by atoms with Crippen molar-refractivity contribution in [3.8, 4) is 0 Å². The van der Waals surface area contributed by atoms with Crippen molar-refractivity contribution < 1.29 is 14.3 Å². The second kappa shape index (κ2) is 6.06. The van der Waals surface area contributed by atoms with Gasteiger partial charge in [-0.25, -0.2) is 0 Å². The molecule has 3 unspecified atom stereocenters. The van der Waals surface area contributed by atoms with Crippen LogP contribution in [0.3, 0.4) is 0 Å². The van der Waals surface area contributed by atoms with Crippen LogP contribution in [0.5, 0.6) is 0 Å². The number of fused-ring (bicyclic) bond motifs is 1. The molecule has 2 aliphatic rings. The number of nitrogens with one attached hydrogen (secondary N) is 1. The van der Waals surface area contributed by atoms with Gasteiger partial charge >= 0.3 is 5.97 Å². The molecule has 1 aromatic rings. The lowest BCUT2D eigenvalue weighted by Crippen LogP contribution is -2.51. The molecular formula is C16H21N3O3. The average Bonchev–Trinajstić information content (AvgIpc) is 2.83.